The van der Waals surface area contributed by atoms with E-state index in [0.29, 0.717) is 43.0 Å². The molecule has 0 bridgehead atoms. The van der Waals surface area contributed by atoms with Crippen molar-refractivity contribution in [1.82, 2.24) is 14.5 Å². The van der Waals surface area contributed by atoms with E-state index in [9.17, 15) is 9.59 Å². The van der Waals surface area contributed by atoms with E-state index in [2.05, 4.69) is 13.8 Å². The monoisotopic (exact) mass is 446 g/mol. The number of carbonyl (C=O) groups excluding carboxylic acids is 1. The first kappa shape index (κ1) is 24.4. The Hall–Kier alpha value is -3.25. The Morgan fingerprint density at radius 1 is 1.06 bits per heavy atom. The van der Waals surface area contributed by atoms with Gasteiger partial charge in [-0.1, -0.05) is 61.9 Å². The molecule has 1 heterocycles. The Kier molecular flexibility index (Phi) is 8.17. The number of amides is 1. The van der Waals surface area contributed by atoms with Crippen molar-refractivity contribution in [2.45, 2.75) is 46.7 Å². The summed E-state index contributed by atoms with van der Waals surface area (Å²) in [6.45, 7) is 9.24. The lowest BCUT2D eigenvalue weighted by atomic mass is 9.98. The van der Waals surface area contributed by atoms with Gasteiger partial charge in [0.15, 0.2) is 0 Å². The van der Waals surface area contributed by atoms with Crippen molar-refractivity contribution in [2.75, 3.05) is 13.1 Å². The maximum atomic E-state index is 13.7. The summed E-state index contributed by atoms with van der Waals surface area (Å²) in [7, 11) is 0. The van der Waals surface area contributed by atoms with Crippen molar-refractivity contribution in [3.63, 3.8) is 0 Å². The van der Waals surface area contributed by atoms with Crippen LogP contribution in [0, 0.1) is 19.8 Å². The molecule has 174 valence electrons. The van der Waals surface area contributed by atoms with Crippen molar-refractivity contribution in [1.29, 1.82) is 0 Å². The number of rotatable bonds is 9. The normalized spacial score (nSPS) is 12.1. The molecule has 0 saturated heterocycles. The second-order valence-electron chi connectivity index (χ2n) is 8.87. The molecule has 33 heavy (non-hydrogen) atoms. The van der Waals surface area contributed by atoms with E-state index in [1.165, 1.54) is 0 Å². The predicted molar refractivity (Wildman–Crippen MR) is 132 cm³/mol. The van der Waals surface area contributed by atoms with Gasteiger partial charge in [0.2, 0.25) is 0 Å². The fraction of sp³-hybridized carbons (Fsp3) is 0.370. The Balaban J connectivity index is 2.12. The van der Waals surface area contributed by atoms with Crippen LogP contribution in [0.3, 0.4) is 0 Å². The van der Waals surface area contributed by atoms with Crippen molar-refractivity contribution in [3.8, 4) is 0 Å². The van der Waals surface area contributed by atoms with Crippen molar-refractivity contribution in [2.24, 2.45) is 11.7 Å². The van der Waals surface area contributed by atoms with Crippen LogP contribution < -0.4 is 11.3 Å². The predicted octanol–water partition coefficient (Wildman–Crippen LogP) is 4.10. The highest BCUT2D eigenvalue weighted by molar-refractivity contribution is 5.94. The number of aryl methyl sites for hydroxylation is 2. The van der Waals surface area contributed by atoms with Crippen LogP contribution in [-0.2, 0) is 6.54 Å². The first-order valence-corrected chi connectivity index (χ1v) is 11.5. The van der Waals surface area contributed by atoms with Crippen LogP contribution in [-0.4, -0.2) is 33.4 Å². The van der Waals surface area contributed by atoms with Gasteiger partial charge in [-0.25, -0.2) is 4.98 Å². The molecule has 0 radical (unpaired) electrons. The fourth-order valence-electron chi connectivity index (χ4n) is 4.05. The maximum absolute atomic E-state index is 13.7. The number of hydrogen-bond donors (Lipinski definition) is 1. The van der Waals surface area contributed by atoms with Crippen LogP contribution in [0.5, 0.6) is 0 Å². The minimum atomic E-state index is -0.373. The second-order valence-corrected chi connectivity index (χ2v) is 8.87. The highest BCUT2D eigenvalue weighted by Gasteiger charge is 2.32. The first-order chi connectivity index (χ1) is 15.8. The molecule has 0 saturated carbocycles. The zero-order chi connectivity index (χ0) is 24.0. The summed E-state index contributed by atoms with van der Waals surface area (Å²) in [4.78, 5) is 33.5. The van der Waals surface area contributed by atoms with E-state index in [1.807, 2.05) is 66.4 Å². The SMILES string of the molecule is Cc1ccc(C(=O)N(CCCN)C(c2ncc(C)c(=O)n2Cc2ccccc2)C(C)C)cc1. The molecule has 1 atom stereocenters. The third-order valence-corrected chi connectivity index (χ3v) is 5.83. The number of benzene rings is 2. The zero-order valence-corrected chi connectivity index (χ0v) is 20.0. The van der Waals surface area contributed by atoms with E-state index in [1.54, 1.807) is 17.7 Å². The van der Waals surface area contributed by atoms with E-state index in [4.69, 9.17) is 10.7 Å². The molecule has 1 unspecified atom stereocenters. The first-order valence-electron chi connectivity index (χ1n) is 11.5. The van der Waals surface area contributed by atoms with Crippen LogP contribution in [0.1, 0.15) is 59.2 Å². The third-order valence-electron chi connectivity index (χ3n) is 5.83. The lowest BCUT2D eigenvalue weighted by Gasteiger charge is -2.35. The van der Waals surface area contributed by atoms with Crippen molar-refractivity contribution in [3.05, 3.63) is 99.2 Å². The minimum absolute atomic E-state index is 0.0359. The molecule has 0 aliphatic carbocycles. The lowest BCUT2D eigenvalue weighted by molar-refractivity contribution is 0.0602. The van der Waals surface area contributed by atoms with Gasteiger partial charge in [-0.3, -0.25) is 14.2 Å². The van der Waals surface area contributed by atoms with Gasteiger partial charge in [-0.05, 0) is 50.4 Å². The Morgan fingerprint density at radius 3 is 2.33 bits per heavy atom. The number of nitrogens with zero attached hydrogens (tertiary/aromatic N) is 3. The molecule has 0 fully saturated rings. The quantitative estimate of drug-likeness (QED) is 0.537. The molecule has 3 aromatic rings. The van der Waals surface area contributed by atoms with Crippen LogP contribution in [0.25, 0.3) is 0 Å². The molecular formula is C27H34N4O2. The molecule has 2 aromatic carbocycles. The average Bonchev–Trinajstić information content (AvgIpc) is 2.81. The average molecular weight is 447 g/mol. The van der Waals surface area contributed by atoms with E-state index in [0.717, 1.165) is 11.1 Å². The molecule has 6 nitrogen and oxygen atoms in total. The fourth-order valence-corrected chi connectivity index (χ4v) is 4.05. The molecule has 6 heteroatoms. The van der Waals surface area contributed by atoms with Crippen molar-refractivity contribution < 1.29 is 4.79 Å². The van der Waals surface area contributed by atoms with E-state index < -0.39 is 0 Å². The standard InChI is InChI=1S/C27H34N4O2/c1-19(2)24(30(16-8-15-28)27(33)23-13-11-20(3)12-14-23)25-29-17-21(4)26(32)31(25)18-22-9-6-5-7-10-22/h5-7,9-14,17,19,24H,8,15-16,18,28H2,1-4H3. The summed E-state index contributed by atoms with van der Waals surface area (Å²) in [5.74, 6) is 0.555. The van der Waals surface area contributed by atoms with Crippen LogP contribution in [0.15, 0.2) is 65.6 Å². The van der Waals surface area contributed by atoms with Gasteiger partial charge in [-0.2, -0.15) is 0 Å². The number of carbonyl (C=O) groups is 1. The van der Waals surface area contributed by atoms with Crippen LogP contribution in [0.2, 0.25) is 0 Å². The zero-order valence-electron chi connectivity index (χ0n) is 20.0. The summed E-state index contributed by atoms with van der Waals surface area (Å²) >= 11 is 0. The smallest absolute Gasteiger partial charge is 0.256 e. The van der Waals surface area contributed by atoms with E-state index >= 15 is 0 Å². The van der Waals surface area contributed by atoms with Gasteiger partial charge >= 0.3 is 0 Å². The summed E-state index contributed by atoms with van der Waals surface area (Å²) in [6.07, 6.45) is 2.28. The molecular weight excluding hydrogens is 412 g/mol. The second kappa shape index (κ2) is 11.1. The molecule has 2 N–H and O–H groups in total. The summed E-state index contributed by atoms with van der Waals surface area (Å²) in [5, 5.41) is 0. The number of nitrogens with two attached hydrogens (primary N) is 1. The molecule has 1 aromatic heterocycles. The Labute approximate surface area is 196 Å². The van der Waals surface area contributed by atoms with Crippen LogP contribution >= 0.6 is 0 Å². The Bertz CT molecular complexity index is 1120. The van der Waals surface area contributed by atoms with E-state index in [-0.39, 0.29) is 23.4 Å². The molecule has 0 aliphatic rings. The maximum Gasteiger partial charge on any atom is 0.256 e. The number of hydrogen-bond acceptors (Lipinski definition) is 4. The Morgan fingerprint density at radius 2 is 1.73 bits per heavy atom. The summed E-state index contributed by atoms with van der Waals surface area (Å²) < 4.78 is 1.72. The molecule has 0 aliphatic heterocycles. The summed E-state index contributed by atoms with van der Waals surface area (Å²) in [5.41, 5.74) is 9.03. The lowest BCUT2D eigenvalue weighted by Crippen LogP contribution is -2.42. The largest absolute Gasteiger partial charge is 0.330 e. The van der Waals surface area contributed by atoms with Crippen LogP contribution in [0.4, 0.5) is 0 Å². The topological polar surface area (TPSA) is 81.2 Å². The van der Waals surface area contributed by atoms with Gasteiger partial charge < -0.3 is 10.6 Å². The third kappa shape index (κ3) is 5.76. The van der Waals surface area contributed by atoms with Gasteiger partial charge in [0.05, 0.1) is 12.6 Å². The molecule has 3 rings (SSSR count). The van der Waals surface area contributed by atoms with Gasteiger partial charge in [-0.15, -0.1) is 0 Å². The van der Waals surface area contributed by atoms with Crippen molar-refractivity contribution >= 4 is 5.91 Å². The molecule has 0 spiro atoms. The van der Waals surface area contributed by atoms with Gasteiger partial charge in [0.25, 0.3) is 11.5 Å². The summed E-state index contributed by atoms with van der Waals surface area (Å²) in [6, 6.07) is 17.1. The molecule has 1 amide bonds. The van der Waals surface area contributed by atoms with Gasteiger partial charge in [0, 0.05) is 23.9 Å². The highest BCUT2D eigenvalue weighted by Crippen LogP contribution is 2.29. The van der Waals surface area contributed by atoms with Gasteiger partial charge in [0.1, 0.15) is 5.82 Å². The minimum Gasteiger partial charge on any atom is -0.330 e. The number of aromatic nitrogens is 2. The highest BCUT2D eigenvalue weighted by atomic mass is 16.2.